The molecule has 0 aromatic heterocycles. The minimum Gasteiger partial charge on any atom is -0.481 e. The second-order valence-corrected chi connectivity index (χ2v) is 7.74. The number of nitrogens with zero attached hydrogens (tertiary/aromatic N) is 1. The molecule has 6 nitrogen and oxygen atoms in total. The summed E-state index contributed by atoms with van der Waals surface area (Å²) in [7, 11) is 0. The van der Waals surface area contributed by atoms with Gasteiger partial charge in [0, 0.05) is 32.7 Å². The third kappa shape index (κ3) is 5.79. The smallest absolute Gasteiger partial charge is 0.309 e. The van der Waals surface area contributed by atoms with Crippen LogP contribution < -0.4 is 0 Å². The Labute approximate surface area is 166 Å². The lowest BCUT2D eigenvalue weighted by atomic mass is 9.84. The fraction of sp³-hybridized carbons (Fsp3) is 0.636. The largest absolute Gasteiger partial charge is 0.481 e. The number of hydrogen-bond acceptors (Lipinski definition) is 4. The molecule has 2 fully saturated rings. The summed E-state index contributed by atoms with van der Waals surface area (Å²) >= 11 is 0. The molecule has 0 saturated carbocycles. The molecule has 1 unspecified atom stereocenters. The van der Waals surface area contributed by atoms with Crippen LogP contribution in [0.1, 0.15) is 37.7 Å². The number of ether oxygens (including phenoxy) is 2. The first-order valence-electron chi connectivity index (χ1n) is 10.4. The predicted molar refractivity (Wildman–Crippen MR) is 105 cm³/mol. The fourth-order valence-electron chi connectivity index (χ4n) is 4.24. The average molecular weight is 389 g/mol. The van der Waals surface area contributed by atoms with Crippen molar-refractivity contribution in [2.45, 2.75) is 44.6 Å². The predicted octanol–water partition coefficient (Wildman–Crippen LogP) is 2.75. The molecular formula is C22H31NO5. The van der Waals surface area contributed by atoms with Crippen molar-refractivity contribution in [3.8, 4) is 0 Å². The summed E-state index contributed by atoms with van der Waals surface area (Å²) in [6, 6.07) is 10.2. The highest BCUT2D eigenvalue weighted by Crippen LogP contribution is 2.33. The number of carboxylic acids is 1. The molecule has 1 aromatic rings. The van der Waals surface area contributed by atoms with Gasteiger partial charge in [0.1, 0.15) is 0 Å². The molecule has 0 aliphatic carbocycles. The quantitative estimate of drug-likeness (QED) is 0.657. The molecule has 0 spiro atoms. The van der Waals surface area contributed by atoms with E-state index >= 15 is 0 Å². The van der Waals surface area contributed by atoms with Crippen LogP contribution in [0.2, 0.25) is 0 Å². The second-order valence-electron chi connectivity index (χ2n) is 7.74. The van der Waals surface area contributed by atoms with E-state index in [0.717, 1.165) is 25.7 Å². The third-order valence-electron chi connectivity index (χ3n) is 5.87. The van der Waals surface area contributed by atoms with E-state index < -0.39 is 5.97 Å². The first kappa shape index (κ1) is 20.8. The van der Waals surface area contributed by atoms with E-state index in [0.29, 0.717) is 45.8 Å². The molecule has 2 heterocycles. The SMILES string of the molecule is O=C(O)C1CCO[C@H]1C1CCN(C(=O)CCCOCCc2ccccc2)CC1. The van der Waals surface area contributed by atoms with Crippen LogP contribution in [0.3, 0.4) is 0 Å². The van der Waals surface area contributed by atoms with Crippen LogP contribution in [0.4, 0.5) is 0 Å². The van der Waals surface area contributed by atoms with Crippen LogP contribution in [0.15, 0.2) is 30.3 Å². The number of carboxylic acid groups (broad SMARTS) is 1. The molecular weight excluding hydrogens is 358 g/mol. The highest BCUT2D eigenvalue weighted by atomic mass is 16.5. The molecule has 3 rings (SSSR count). The van der Waals surface area contributed by atoms with E-state index in [1.165, 1.54) is 5.56 Å². The van der Waals surface area contributed by atoms with Gasteiger partial charge in [-0.25, -0.2) is 0 Å². The van der Waals surface area contributed by atoms with Crippen molar-refractivity contribution in [1.29, 1.82) is 0 Å². The number of carbonyl (C=O) groups is 2. The first-order chi connectivity index (χ1) is 13.6. The Balaban J connectivity index is 1.28. The number of benzene rings is 1. The summed E-state index contributed by atoms with van der Waals surface area (Å²) in [5, 5.41) is 9.32. The lowest BCUT2D eigenvalue weighted by Gasteiger charge is -2.35. The summed E-state index contributed by atoms with van der Waals surface area (Å²) in [4.78, 5) is 25.7. The van der Waals surface area contributed by atoms with Gasteiger partial charge < -0.3 is 19.5 Å². The normalized spacial score (nSPS) is 23.1. The molecule has 6 heteroatoms. The van der Waals surface area contributed by atoms with Gasteiger partial charge in [-0.2, -0.15) is 0 Å². The lowest BCUT2D eigenvalue weighted by Crippen LogP contribution is -2.43. The molecule has 2 aliphatic rings. The molecule has 154 valence electrons. The summed E-state index contributed by atoms with van der Waals surface area (Å²) in [5.74, 6) is -0.727. The Kier molecular flexibility index (Phi) is 7.86. The Morgan fingerprint density at radius 1 is 1.11 bits per heavy atom. The maximum absolute atomic E-state index is 12.4. The Morgan fingerprint density at radius 2 is 1.86 bits per heavy atom. The fourth-order valence-corrected chi connectivity index (χ4v) is 4.24. The Bertz CT molecular complexity index is 627. The molecule has 28 heavy (non-hydrogen) atoms. The number of likely N-dealkylation sites (tertiary alicyclic amines) is 1. The van der Waals surface area contributed by atoms with Crippen molar-refractivity contribution in [3.05, 3.63) is 35.9 Å². The highest BCUT2D eigenvalue weighted by molar-refractivity contribution is 5.76. The summed E-state index contributed by atoms with van der Waals surface area (Å²) in [6.45, 7) is 3.21. The monoisotopic (exact) mass is 389 g/mol. The van der Waals surface area contributed by atoms with Crippen LogP contribution in [0.5, 0.6) is 0 Å². The Hall–Kier alpha value is -1.92. The van der Waals surface area contributed by atoms with Crippen molar-refractivity contribution in [2.75, 3.05) is 32.9 Å². The molecule has 2 saturated heterocycles. The van der Waals surface area contributed by atoms with Gasteiger partial charge in [0.25, 0.3) is 0 Å². The van der Waals surface area contributed by atoms with Gasteiger partial charge in [-0.1, -0.05) is 30.3 Å². The van der Waals surface area contributed by atoms with Crippen molar-refractivity contribution in [3.63, 3.8) is 0 Å². The topological polar surface area (TPSA) is 76.1 Å². The van der Waals surface area contributed by atoms with Gasteiger partial charge in [-0.3, -0.25) is 9.59 Å². The van der Waals surface area contributed by atoms with Crippen LogP contribution >= 0.6 is 0 Å². The van der Waals surface area contributed by atoms with Gasteiger partial charge in [-0.05, 0) is 43.6 Å². The van der Waals surface area contributed by atoms with Gasteiger partial charge in [-0.15, -0.1) is 0 Å². The minimum atomic E-state index is -0.756. The molecule has 2 atom stereocenters. The van der Waals surface area contributed by atoms with Gasteiger partial charge in [0.2, 0.25) is 5.91 Å². The van der Waals surface area contributed by atoms with E-state index in [-0.39, 0.29) is 23.8 Å². The highest BCUT2D eigenvalue weighted by Gasteiger charge is 2.40. The van der Waals surface area contributed by atoms with E-state index in [1.54, 1.807) is 0 Å². The second kappa shape index (κ2) is 10.6. The van der Waals surface area contributed by atoms with E-state index in [9.17, 15) is 14.7 Å². The maximum atomic E-state index is 12.4. The summed E-state index contributed by atoms with van der Waals surface area (Å²) in [5.41, 5.74) is 1.26. The van der Waals surface area contributed by atoms with Crippen LogP contribution in [0, 0.1) is 11.8 Å². The zero-order valence-electron chi connectivity index (χ0n) is 16.4. The Morgan fingerprint density at radius 3 is 2.57 bits per heavy atom. The van der Waals surface area contributed by atoms with Gasteiger partial charge >= 0.3 is 5.97 Å². The van der Waals surface area contributed by atoms with E-state index in [1.807, 2.05) is 23.1 Å². The van der Waals surface area contributed by atoms with E-state index in [4.69, 9.17) is 9.47 Å². The number of rotatable bonds is 9. The third-order valence-corrected chi connectivity index (χ3v) is 5.87. The number of carbonyl (C=O) groups excluding carboxylic acids is 1. The molecule has 0 bridgehead atoms. The number of amides is 1. The summed E-state index contributed by atoms with van der Waals surface area (Å²) in [6.07, 6.45) is 4.20. The molecule has 1 N–H and O–H groups in total. The van der Waals surface area contributed by atoms with Crippen LogP contribution in [-0.4, -0.2) is 60.9 Å². The van der Waals surface area contributed by atoms with Gasteiger partial charge in [0.15, 0.2) is 0 Å². The maximum Gasteiger partial charge on any atom is 0.309 e. The van der Waals surface area contributed by atoms with Crippen LogP contribution in [-0.2, 0) is 25.5 Å². The van der Waals surface area contributed by atoms with Crippen LogP contribution in [0.25, 0.3) is 0 Å². The molecule has 2 aliphatic heterocycles. The minimum absolute atomic E-state index is 0.173. The lowest BCUT2D eigenvalue weighted by molar-refractivity contribution is -0.146. The number of hydrogen-bond donors (Lipinski definition) is 1. The number of aliphatic carboxylic acids is 1. The standard InChI is InChI=1S/C22H31NO5/c24-20(7-4-14-27-15-10-17-5-2-1-3-6-17)23-12-8-18(9-13-23)21-19(22(25)26)11-16-28-21/h1-3,5-6,18-19,21H,4,7-16H2,(H,25,26)/t19?,21-/m0/s1. The van der Waals surface area contributed by atoms with Crippen molar-refractivity contribution < 1.29 is 24.2 Å². The van der Waals surface area contributed by atoms with Crippen molar-refractivity contribution >= 4 is 11.9 Å². The zero-order chi connectivity index (χ0) is 19.8. The van der Waals surface area contributed by atoms with E-state index in [2.05, 4.69) is 12.1 Å². The molecule has 1 amide bonds. The average Bonchev–Trinajstić information content (AvgIpc) is 3.21. The van der Waals surface area contributed by atoms with Gasteiger partial charge in [0.05, 0.1) is 18.6 Å². The van der Waals surface area contributed by atoms with Crippen molar-refractivity contribution in [2.24, 2.45) is 11.8 Å². The summed E-state index contributed by atoms with van der Waals surface area (Å²) < 4.78 is 11.3. The molecule has 1 aromatic carbocycles. The molecule has 0 radical (unpaired) electrons. The van der Waals surface area contributed by atoms with Crippen molar-refractivity contribution in [1.82, 2.24) is 4.90 Å². The number of piperidine rings is 1. The zero-order valence-corrected chi connectivity index (χ0v) is 16.4. The first-order valence-corrected chi connectivity index (χ1v) is 10.4.